The number of nitrogens with one attached hydrogen (secondary N) is 1. The number of halogens is 1. The van der Waals surface area contributed by atoms with E-state index in [4.69, 9.17) is 5.73 Å². The zero-order valence-electron chi connectivity index (χ0n) is 11.3. The third kappa shape index (κ3) is 4.12. The number of aromatic nitrogens is 1. The number of hydrogen-bond acceptors (Lipinski definition) is 4. The van der Waals surface area contributed by atoms with Crippen molar-refractivity contribution in [1.82, 2.24) is 9.88 Å². The van der Waals surface area contributed by atoms with Crippen LogP contribution in [0.25, 0.3) is 0 Å². The van der Waals surface area contributed by atoms with Crippen LogP contribution in [0, 0.1) is 0 Å². The Hall–Kier alpha value is -1.73. The molecular weight excluding hydrogens is 354 g/mol. The first-order valence-electron chi connectivity index (χ1n) is 6.10. The van der Waals surface area contributed by atoms with Gasteiger partial charge in [0.15, 0.2) is 0 Å². The van der Waals surface area contributed by atoms with Gasteiger partial charge < -0.3 is 10.3 Å². The maximum absolute atomic E-state index is 11.9. The molecule has 0 unspecified atom stereocenters. The van der Waals surface area contributed by atoms with Crippen molar-refractivity contribution in [3.63, 3.8) is 0 Å². The Bertz CT molecular complexity index is 685. The highest BCUT2D eigenvalue weighted by molar-refractivity contribution is 9.10. The molecule has 110 valence electrons. The van der Waals surface area contributed by atoms with Gasteiger partial charge in [-0.25, -0.2) is 0 Å². The molecule has 1 aromatic carbocycles. The van der Waals surface area contributed by atoms with Crippen LogP contribution < -0.4 is 11.1 Å². The van der Waals surface area contributed by atoms with Gasteiger partial charge in [-0.3, -0.25) is 14.9 Å². The Morgan fingerprint density at radius 3 is 2.76 bits per heavy atom. The molecule has 1 heterocycles. The third-order valence-corrected chi connectivity index (χ3v) is 4.34. The summed E-state index contributed by atoms with van der Waals surface area (Å²) in [4.78, 5) is 24.5. The van der Waals surface area contributed by atoms with Gasteiger partial charge in [0.05, 0.1) is 5.75 Å². The predicted octanol–water partition coefficient (Wildman–Crippen LogP) is 2.42. The highest BCUT2D eigenvalue weighted by Gasteiger charge is 2.13. The first-order chi connectivity index (χ1) is 9.97. The Morgan fingerprint density at radius 1 is 1.38 bits per heavy atom. The van der Waals surface area contributed by atoms with Crippen molar-refractivity contribution in [1.29, 1.82) is 0 Å². The zero-order valence-corrected chi connectivity index (χ0v) is 13.7. The summed E-state index contributed by atoms with van der Waals surface area (Å²) in [5.41, 5.74) is 6.89. The lowest BCUT2D eigenvalue weighted by Crippen LogP contribution is -2.32. The standard InChI is InChI=1S/C14H14BrN3O2S/c1-18-6-2-3-11(18)14(20)17-13(19)8-21-12-5-4-9(15)7-10(12)16/h2-7H,8,16H2,1H3,(H,17,19,20). The molecule has 5 nitrogen and oxygen atoms in total. The summed E-state index contributed by atoms with van der Waals surface area (Å²) in [6.07, 6.45) is 1.75. The number of nitrogens with two attached hydrogens (primary N) is 1. The number of nitrogens with zero attached hydrogens (tertiary/aromatic N) is 1. The summed E-state index contributed by atoms with van der Waals surface area (Å²) in [5, 5.41) is 2.35. The fraction of sp³-hybridized carbons (Fsp3) is 0.143. The van der Waals surface area contributed by atoms with Crippen LogP contribution >= 0.6 is 27.7 Å². The largest absolute Gasteiger partial charge is 0.398 e. The number of nitrogen functional groups attached to an aromatic ring is 1. The number of carbonyl (C=O) groups excluding carboxylic acids is 2. The Balaban J connectivity index is 1.90. The van der Waals surface area contributed by atoms with E-state index in [0.717, 1.165) is 9.37 Å². The van der Waals surface area contributed by atoms with Gasteiger partial charge in [-0.1, -0.05) is 15.9 Å². The van der Waals surface area contributed by atoms with Gasteiger partial charge in [0.2, 0.25) is 5.91 Å². The maximum Gasteiger partial charge on any atom is 0.274 e. The molecule has 0 aliphatic heterocycles. The first-order valence-corrected chi connectivity index (χ1v) is 7.88. The minimum Gasteiger partial charge on any atom is -0.398 e. The molecule has 21 heavy (non-hydrogen) atoms. The van der Waals surface area contributed by atoms with Crippen molar-refractivity contribution in [2.75, 3.05) is 11.5 Å². The highest BCUT2D eigenvalue weighted by atomic mass is 79.9. The zero-order chi connectivity index (χ0) is 15.4. The number of thioether (sulfide) groups is 1. The molecule has 0 aliphatic rings. The molecule has 0 fully saturated rings. The van der Waals surface area contributed by atoms with Crippen LogP contribution in [0.15, 0.2) is 45.9 Å². The molecule has 0 bridgehead atoms. The molecule has 0 radical (unpaired) electrons. The van der Waals surface area contributed by atoms with E-state index < -0.39 is 5.91 Å². The molecule has 3 N–H and O–H groups in total. The Kier molecular flexibility index (Phi) is 5.08. The van der Waals surface area contributed by atoms with Crippen LogP contribution in [0.3, 0.4) is 0 Å². The first kappa shape index (κ1) is 15.7. The molecule has 0 aliphatic carbocycles. The van der Waals surface area contributed by atoms with Crippen LogP contribution in [0.1, 0.15) is 10.5 Å². The van der Waals surface area contributed by atoms with Gasteiger partial charge in [-0.2, -0.15) is 0 Å². The fourth-order valence-electron chi connectivity index (χ4n) is 1.72. The second-order valence-electron chi connectivity index (χ2n) is 4.35. The SMILES string of the molecule is Cn1cccc1C(=O)NC(=O)CSc1ccc(Br)cc1N. The van der Waals surface area contributed by atoms with E-state index in [1.165, 1.54) is 11.8 Å². The van der Waals surface area contributed by atoms with Crippen molar-refractivity contribution >= 4 is 45.2 Å². The van der Waals surface area contributed by atoms with Crippen LogP contribution in [0.2, 0.25) is 0 Å². The molecule has 0 atom stereocenters. The van der Waals surface area contributed by atoms with E-state index in [-0.39, 0.29) is 11.7 Å². The average molecular weight is 368 g/mol. The van der Waals surface area contributed by atoms with Gasteiger partial charge in [0, 0.05) is 28.3 Å². The lowest BCUT2D eigenvalue weighted by atomic mass is 10.3. The summed E-state index contributed by atoms with van der Waals surface area (Å²) in [6, 6.07) is 8.86. The number of aryl methyl sites for hydroxylation is 1. The van der Waals surface area contributed by atoms with Crippen molar-refractivity contribution < 1.29 is 9.59 Å². The van der Waals surface area contributed by atoms with E-state index >= 15 is 0 Å². The number of benzene rings is 1. The van der Waals surface area contributed by atoms with Crippen molar-refractivity contribution in [3.8, 4) is 0 Å². The van der Waals surface area contributed by atoms with Crippen molar-refractivity contribution in [2.24, 2.45) is 7.05 Å². The predicted molar refractivity (Wildman–Crippen MR) is 87.2 cm³/mol. The van der Waals surface area contributed by atoms with Crippen molar-refractivity contribution in [3.05, 3.63) is 46.7 Å². The van der Waals surface area contributed by atoms with E-state index in [0.29, 0.717) is 11.4 Å². The number of carbonyl (C=O) groups is 2. The van der Waals surface area contributed by atoms with Crippen LogP contribution in [0.5, 0.6) is 0 Å². The van der Waals surface area contributed by atoms with Gasteiger partial charge >= 0.3 is 0 Å². The molecule has 7 heteroatoms. The molecule has 0 saturated heterocycles. The maximum atomic E-state index is 11.9. The number of amides is 2. The van der Waals surface area contributed by atoms with Gasteiger partial charge in [0.25, 0.3) is 5.91 Å². The minimum atomic E-state index is -0.406. The number of rotatable bonds is 4. The molecular formula is C14H14BrN3O2S. The van der Waals surface area contributed by atoms with Gasteiger partial charge in [-0.15, -0.1) is 11.8 Å². The average Bonchev–Trinajstić information content (AvgIpc) is 2.84. The molecule has 0 spiro atoms. The third-order valence-electron chi connectivity index (χ3n) is 2.76. The van der Waals surface area contributed by atoms with Crippen LogP contribution in [0.4, 0.5) is 5.69 Å². The van der Waals surface area contributed by atoms with Crippen LogP contribution in [-0.4, -0.2) is 22.1 Å². The van der Waals surface area contributed by atoms with Crippen molar-refractivity contribution in [2.45, 2.75) is 4.90 Å². The number of anilines is 1. The summed E-state index contributed by atoms with van der Waals surface area (Å²) in [5.74, 6) is -0.632. The topological polar surface area (TPSA) is 77.1 Å². The quantitative estimate of drug-likeness (QED) is 0.642. The van der Waals surface area contributed by atoms with E-state index in [2.05, 4.69) is 21.2 Å². The molecule has 1 aromatic heterocycles. The fourth-order valence-corrected chi connectivity index (χ4v) is 2.85. The molecule has 2 aromatic rings. The minimum absolute atomic E-state index is 0.127. The monoisotopic (exact) mass is 367 g/mol. The lowest BCUT2D eigenvalue weighted by Gasteiger charge is -2.07. The number of hydrogen-bond donors (Lipinski definition) is 2. The van der Waals surface area contributed by atoms with E-state index in [9.17, 15) is 9.59 Å². The van der Waals surface area contributed by atoms with Gasteiger partial charge in [0.1, 0.15) is 5.69 Å². The summed E-state index contributed by atoms with van der Waals surface area (Å²) in [7, 11) is 1.75. The van der Waals surface area contributed by atoms with E-state index in [1.54, 1.807) is 36.0 Å². The summed E-state index contributed by atoms with van der Waals surface area (Å²) in [6.45, 7) is 0. The molecule has 0 saturated carbocycles. The normalized spacial score (nSPS) is 10.4. The summed E-state index contributed by atoms with van der Waals surface area (Å²) >= 11 is 4.61. The lowest BCUT2D eigenvalue weighted by molar-refractivity contribution is -0.117. The van der Waals surface area contributed by atoms with Gasteiger partial charge in [-0.05, 0) is 30.3 Å². The second-order valence-corrected chi connectivity index (χ2v) is 6.29. The number of imide groups is 1. The van der Waals surface area contributed by atoms with Crippen LogP contribution in [-0.2, 0) is 11.8 Å². The smallest absolute Gasteiger partial charge is 0.274 e. The second kappa shape index (κ2) is 6.82. The molecule has 2 rings (SSSR count). The summed E-state index contributed by atoms with van der Waals surface area (Å²) < 4.78 is 2.54. The Labute approximate surface area is 135 Å². The highest BCUT2D eigenvalue weighted by Crippen LogP contribution is 2.27. The molecule has 2 amide bonds. The Morgan fingerprint density at radius 2 is 2.14 bits per heavy atom. The van der Waals surface area contributed by atoms with E-state index in [1.807, 2.05) is 12.1 Å².